The van der Waals surface area contributed by atoms with Crippen LogP contribution >= 0.6 is 15.9 Å². The zero-order valence-electron chi connectivity index (χ0n) is 9.23. The molecule has 2 rings (SSSR count). The number of halogens is 1. The van der Waals surface area contributed by atoms with Crippen molar-refractivity contribution in [3.05, 3.63) is 33.9 Å². The van der Waals surface area contributed by atoms with Gasteiger partial charge < -0.3 is 10.3 Å². The van der Waals surface area contributed by atoms with Crippen LogP contribution in [0.3, 0.4) is 0 Å². The molecule has 0 saturated carbocycles. The lowest BCUT2D eigenvalue weighted by Gasteiger charge is -2.01. The van der Waals surface area contributed by atoms with E-state index in [1.165, 1.54) is 0 Å². The highest BCUT2D eigenvalue weighted by atomic mass is 79.9. The van der Waals surface area contributed by atoms with Crippen LogP contribution in [-0.2, 0) is 0 Å². The van der Waals surface area contributed by atoms with Crippen molar-refractivity contribution >= 4 is 32.7 Å². The summed E-state index contributed by atoms with van der Waals surface area (Å²) in [5.74, 6) is -0.0237. The minimum Gasteiger partial charge on any atom is -0.357 e. The Morgan fingerprint density at radius 1 is 1.50 bits per heavy atom. The highest BCUT2D eigenvalue weighted by molar-refractivity contribution is 9.10. The lowest BCUT2D eigenvalue weighted by atomic mass is 10.1. The summed E-state index contributed by atoms with van der Waals surface area (Å²) >= 11 is 3.47. The average Bonchev–Trinajstić information content (AvgIpc) is 2.56. The van der Waals surface area contributed by atoms with E-state index in [1.807, 2.05) is 32.0 Å². The summed E-state index contributed by atoms with van der Waals surface area (Å²) in [6.07, 6.45) is 0. The third-order valence-electron chi connectivity index (χ3n) is 2.53. The molecule has 2 N–H and O–H groups in total. The zero-order chi connectivity index (χ0) is 11.7. The maximum atomic E-state index is 11.9. The number of para-hydroxylation sites is 1. The van der Waals surface area contributed by atoms with Crippen LogP contribution in [0.5, 0.6) is 0 Å². The van der Waals surface area contributed by atoms with Gasteiger partial charge in [-0.1, -0.05) is 12.1 Å². The van der Waals surface area contributed by atoms with Crippen LogP contribution in [-0.4, -0.2) is 17.4 Å². The van der Waals surface area contributed by atoms with Crippen LogP contribution in [0, 0.1) is 6.92 Å². The van der Waals surface area contributed by atoms with Crippen molar-refractivity contribution in [3.63, 3.8) is 0 Å². The molecule has 1 aromatic carbocycles. The molecule has 2 aromatic rings. The van der Waals surface area contributed by atoms with E-state index in [0.717, 1.165) is 26.6 Å². The number of carbonyl (C=O) groups is 1. The number of hydrogen-bond acceptors (Lipinski definition) is 1. The van der Waals surface area contributed by atoms with Crippen LogP contribution in [0.25, 0.3) is 10.9 Å². The number of benzene rings is 1. The smallest absolute Gasteiger partial charge is 0.253 e. The Hall–Kier alpha value is -1.29. The van der Waals surface area contributed by atoms with Crippen LogP contribution in [0.1, 0.15) is 23.0 Å². The molecule has 0 aliphatic carbocycles. The van der Waals surface area contributed by atoms with Crippen molar-refractivity contribution in [1.29, 1.82) is 0 Å². The first-order valence-electron chi connectivity index (χ1n) is 5.20. The summed E-state index contributed by atoms with van der Waals surface area (Å²) < 4.78 is 0.976. The van der Waals surface area contributed by atoms with Crippen LogP contribution < -0.4 is 5.32 Å². The fourth-order valence-electron chi connectivity index (χ4n) is 1.85. The van der Waals surface area contributed by atoms with Crippen molar-refractivity contribution in [3.8, 4) is 0 Å². The zero-order valence-corrected chi connectivity index (χ0v) is 10.8. The van der Waals surface area contributed by atoms with E-state index in [9.17, 15) is 4.79 Å². The van der Waals surface area contributed by atoms with Gasteiger partial charge in [-0.25, -0.2) is 0 Å². The molecule has 0 fully saturated rings. The predicted octanol–water partition coefficient (Wildman–Crippen LogP) is 2.99. The van der Waals surface area contributed by atoms with Crippen molar-refractivity contribution in [1.82, 2.24) is 10.3 Å². The van der Waals surface area contributed by atoms with Gasteiger partial charge >= 0.3 is 0 Å². The number of nitrogens with one attached hydrogen (secondary N) is 2. The molecule has 1 amide bonds. The van der Waals surface area contributed by atoms with Gasteiger partial charge in [0.25, 0.3) is 5.91 Å². The van der Waals surface area contributed by atoms with E-state index < -0.39 is 0 Å². The third-order valence-corrected chi connectivity index (χ3v) is 3.20. The molecule has 3 nitrogen and oxygen atoms in total. The van der Waals surface area contributed by atoms with Gasteiger partial charge in [-0.05, 0) is 35.8 Å². The molecule has 1 heterocycles. The van der Waals surface area contributed by atoms with Crippen LogP contribution in [0.2, 0.25) is 0 Å². The number of carbonyl (C=O) groups excluding carboxylic acids is 1. The Bertz CT molecular complexity index is 545. The van der Waals surface area contributed by atoms with Crippen molar-refractivity contribution in [2.75, 3.05) is 6.54 Å². The Morgan fingerprint density at radius 2 is 2.25 bits per heavy atom. The number of H-pyrrole nitrogens is 1. The summed E-state index contributed by atoms with van der Waals surface area (Å²) in [5.41, 5.74) is 2.60. The number of hydrogen-bond donors (Lipinski definition) is 2. The molecule has 0 radical (unpaired) electrons. The second-order valence-electron chi connectivity index (χ2n) is 3.65. The van der Waals surface area contributed by atoms with E-state index in [4.69, 9.17) is 0 Å². The molecule has 16 heavy (non-hydrogen) atoms. The number of amides is 1. The van der Waals surface area contributed by atoms with Gasteiger partial charge in [-0.2, -0.15) is 0 Å². The van der Waals surface area contributed by atoms with Crippen LogP contribution in [0.15, 0.2) is 22.7 Å². The van der Waals surface area contributed by atoms with Gasteiger partial charge in [0.2, 0.25) is 0 Å². The maximum Gasteiger partial charge on any atom is 0.253 e. The molecule has 0 spiro atoms. The van der Waals surface area contributed by atoms with Crippen molar-refractivity contribution in [2.45, 2.75) is 13.8 Å². The SMILES string of the molecule is CCNC(=O)c1c(C)[nH]c2c(Br)cccc12. The molecule has 0 aliphatic heterocycles. The first-order chi connectivity index (χ1) is 7.65. The minimum atomic E-state index is -0.0237. The number of aryl methyl sites for hydroxylation is 1. The molecular weight excluding hydrogens is 268 g/mol. The van der Waals surface area contributed by atoms with Gasteiger partial charge in [0.05, 0.1) is 11.1 Å². The minimum absolute atomic E-state index is 0.0237. The summed E-state index contributed by atoms with van der Waals surface area (Å²) in [5, 5.41) is 3.78. The second-order valence-corrected chi connectivity index (χ2v) is 4.50. The van der Waals surface area contributed by atoms with Crippen molar-refractivity contribution in [2.24, 2.45) is 0 Å². The lowest BCUT2D eigenvalue weighted by molar-refractivity contribution is 0.0957. The fraction of sp³-hybridized carbons (Fsp3) is 0.250. The van der Waals surface area contributed by atoms with E-state index >= 15 is 0 Å². The summed E-state index contributed by atoms with van der Waals surface area (Å²) in [6, 6.07) is 5.84. The largest absolute Gasteiger partial charge is 0.357 e. The molecule has 0 atom stereocenters. The highest BCUT2D eigenvalue weighted by Crippen LogP contribution is 2.27. The second kappa shape index (κ2) is 4.29. The number of rotatable bonds is 2. The number of aromatic amines is 1. The summed E-state index contributed by atoms with van der Waals surface area (Å²) in [6.45, 7) is 4.47. The molecule has 84 valence electrons. The van der Waals surface area contributed by atoms with Gasteiger partial charge in [-0.3, -0.25) is 4.79 Å². The normalized spacial score (nSPS) is 10.7. The number of aromatic nitrogens is 1. The Balaban J connectivity index is 2.65. The van der Waals surface area contributed by atoms with Gasteiger partial charge in [-0.15, -0.1) is 0 Å². The molecule has 0 aliphatic rings. The Labute approximate surface area is 102 Å². The molecular formula is C12H13BrN2O. The van der Waals surface area contributed by atoms with Gasteiger partial charge in [0.15, 0.2) is 0 Å². The summed E-state index contributed by atoms with van der Waals surface area (Å²) in [4.78, 5) is 15.1. The Kier molecular flexibility index (Phi) is 3.01. The van der Waals surface area contributed by atoms with Gasteiger partial charge in [0.1, 0.15) is 0 Å². The molecule has 0 saturated heterocycles. The summed E-state index contributed by atoms with van der Waals surface area (Å²) in [7, 11) is 0. The lowest BCUT2D eigenvalue weighted by Crippen LogP contribution is -2.23. The molecule has 0 bridgehead atoms. The molecule has 0 unspecified atom stereocenters. The average molecular weight is 281 g/mol. The third kappa shape index (κ3) is 1.73. The van der Waals surface area contributed by atoms with Crippen molar-refractivity contribution < 1.29 is 4.79 Å². The highest BCUT2D eigenvalue weighted by Gasteiger charge is 2.15. The van der Waals surface area contributed by atoms with E-state index in [1.54, 1.807) is 0 Å². The molecule has 1 aromatic heterocycles. The van der Waals surface area contributed by atoms with E-state index in [0.29, 0.717) is 6.54 Å². The predicted molar refractivity (Wildman–Crippen MR) is 68.7 cm³/mol. The first-order valence-corrected chi connectivity index (χ1v) is 5.99. The first kappa shape index (κ1) is 11.2. The molecule has 4 heteroatoms. The quantitative estimate of drug-likeness (QED) is 0.873. The van der Waals surface area contributed by atoms with Crippen LogP contribution in [0.4, 0.5) is 0 Å². The Morgan fingerprint density at radius 3 is 2.94 bits per heavy atom. The standard InChI is InChI=1S/C12H13BrN2O/c1-3-14-12(16)10-7(2)15-11-8(10)5-4-6-9(11)13/h4-6,15H,3H2,1-2H3,(H,14,16). The topological polar surface area (TPSA) is 44.9 Å². The van der Waals surface area contributed by atoms with E-state index in [2.05, 4.69) is 26.2 Å². The van der Waals surface area contributed by atoms with Gasteiger partial charge in [0, 0.05) is 22.1 Å². The monoisotopic (exact) mass is 280 g/mol. The van der Waals surface area contributed by atoms with E-state index in [-0.39, 0.29) is 5.91 Å². The maximum absolute atomic E-state index is 11.9. The fourth-order valence-corrected chi connectivity index (χ4v) is 2.32. The number of fused-ring (bicyclic) bond motifs is 1.